The van der Waals surface area contributed by atoms with Gasteiger partial charge in [-0.25, -0.2) is 8.42 Å². The van der Waals surface area contributed by atoms with Crippen LogP contribution in [0.5, 0.6) is 0 Å². The summed E-state index contributed by atoms with van der Waals surface area (Å²) in [5.41, 5.74) is 0.702. The monoisotopic (exact) mass is 291 g/mol. The van der Waals surface area contributed by atoms with E-state index in [9.17, 15) is 8.42 Å². The van der Waals surface area contributed by atoms with E-state index in [-0.39, 0.29) is 11.7 Å². The lowest BCUT2D eigenvalue weighted by Gasteiger charge is -2.22. The number of sulfonamides is 1. The molecule has 106 valence electrons. The van der Waals surface area contributed by atoms with E-state index in [1.807, 2.05) is 19.1 Å². The minimum atomic E-state index is -3.41. The molecule has 1 aromatic carbocycles. The maximum absolute atomic E-state index is 12.7. The second-order valence-electron chi connectivity index (χ2n) is 6.01. The van der Waals surface area contributed by atoms with Crippen LogP contribution in [0.3, 0.4) is 0 Å². The number of nitrogens with zero attached hydrogens (tertiary/aromatic N) is 1. The zero-order valence-corrected chi connectivity index (χ0v) is 12.1. The van der Waals surface area contributed by atoms with Crippen molar-refractivity contribution in [2.75, 3.05) is 13.1 Å². The van der Waals surface area contributed by atoms with Crippen LogP contribution in [0.2, 0.25) is 0 Å². The summed E-state index contributed by atoms with van der Waals surface area (Å²) in [6.07, 6.45) is 5.27. The molecule has 20 heavy (non-hydrogen) atoms. The van der Waals surface area contributed by atoms with Crippen molar-refractivity contribution in [3.05, 3.63) is 42.0 Å². The fraction of sp³-hybridized carbons (Fsp3) is 0.467. The predicted octanol–water partition coefficient (Wildman–Crippen LogP) is 1.71. The Hall–Kier alpha value is -1.17. The highest BCUT2D eigenvalue weighted by Crippen LogP contribution is 2.48. The van der Waals surface area contributed by atoms with Crippen LogP contribution < -0.4 is 0 Å². The molecule has 0 aromatic heterocycles. The molecule has 0 unspecified atom stereocenters. The van der Waals surface area contributed by atoms with E-state index in [4.69, 9.17) is 4.74 Å². The highest BCUT2D eigenvalue weighted by atomic mass is 32.2. The highest BCUT2D eigenvalue weighted by molar-refractivity contribution is 7.89. The largest absolute Gasteiger partial charge is 0.362 e. The summed E-state index contributed by atoms with van der Waals surface area (Å²) in [6, 6.07) is 7.04. The van der Waals surface area contributed by atoms with E-state index in [1.54, 1.807) is 16.4 Å². The maximum atomic E-state index is 12.7. The van der Waals surface area contributed by atoms with Crippen LogP contribution in [0.4, 0.5) is 0 Å². The summed E-state index contributed by atoms with van der Waals surface area (Å²) in [5.74, 6) is 0.303. The van der Waals surface area contributed by atoms with Gasteiger partial charge in [0.05, 0.1) is 11.0 Å². The van der Waals surface area contributed by atoms with Crippen LogP contribution in [0.25, 0.3) is 0 Å². The summed E-state index contributed by atoms with van der Waals surface area (Å²) in [6.45, 7) is 2.96. The van der Waals surface area contributed by atoms with Crippen molar-refractivity contribution in [2.24, 2.45) is 5.92 Å². The molecule has 2 bridgehead atoms. The molecular formula is C15H17NO3S. The molecule has 1 aromatic rings. The van der Waals surface area contributed by atoms with Gasteiger partial charge in [0, 0.05) is 19.0 Å². The fourth-order valence-corrected chi connectivity index (χ4v) is 5.07. The highest BCUT2D eigenvalue weighted by Gasteiger charge is 2.57. The summed E-state index contributed by atoms with van der Waals surface area (Å²) in [7, 11) is -3.41. The first kappa shape index (κ1) is 12.6. The second-order valence-corrected chi connectivity index (χ2v) is 7.95. The zero-order chi connectivity index (χ0) is 14.0. The zero-order valence-electron chi connectivity index (χ0n) is 11.3. The van der Waals surface area contributed by atoms with Gasteiger partial charge < -0.3 is 4.74 Å². The molecule has 2 saturated heterocycles. The van der Waals surface area contributed by atoms with Gasteiger partial charge in [0.25, 0.3) is 0 Å². The van der Waals surface area contributed by atoms with E-state index >= 15 is 0 Å². The van der Waals surface area contributed by atoms with Crippen LogP contribution >= 0.6 is 0 Å². The predicted molar refractivity (Wildman–Crippen MR) is 74.8 cm³/mol. The third kappa shape index (κ3) is 1.63. The molecule has 3 heterocycles. The molecular weight excluding hydrogens is 274 g/mol. The molecule has 0 saturated carbocycles. The van der Waals surface area contributed by atoms with E-state index in [2.05, 4.69) is 12.2 Å². The molecule has 3 aliphatic rings. The summed E-state index contributed by atoms with van der Waals surface area (Å²) in [5, 5.41) is 0. The minimum absolute atomic E-state index is 0.198. The normalized spacial score (nSPS) is 35.6. The van der Waals surface area contributed by atoms with Gasteiger partial charge in [-0.15, -0.1) is 0 Å². The molecule has 3 aliphatic heterocycles. The smallest absolute Gasteiger partial charge is 0.243 e. The van der Waals surface area contributed by atoms with Gasteiger partial charge in [0.15, 0.2) is 0 Å². The number of aryl methyl sites for hydroxylation is 1. The fourth-order valence-electron chi connectivity index (χ4n) is 3.55. The number of ether oxygens (including phenoxy) is 1. The standard InChI is InChI=1S/C15H17NO3S/c1-11-2-4-14(5-3-11)20(17,18)16-9-12-8-13-6-7-15(12,10-16)19-13/h2-7,12-13H,8-10H2,1H3/t12-,13+,15+/m1/s1. The van der Waals surface area contributed by atoms with Gasteiger partial charge >= 0.3 is 0 Å². The molecule has 0 aliphatic carbocycles. The van der Waals surface area contributed by atoms with E-state index in [0.29, 0.717) is 23.9 Å². The Balaban J connectivity index is 1.66. The number of hydrogen-bond donors (Lipinski definition) is 0. The van der Waals surface area contributed by atoms with Crippen molar-refractivity contribution in [3.8, 4) is 0 Å². The third-order valence-electron chi connectivity index (χ3n) is 4.68. The first-order chi connectivity index (χ1) is 9.49. The Morgan fingerprint density at radius 3 is 2.70 bits per heavy atom. The van der Waals surface area contributed by atoms with Gasteiger partial charge in [-0.1, -0.05) is 29.8 Å². The molecule has 0 N–H and O–H groups in total. The van der Waals surface area contributed by atoms with Gasteiger partial charge in [-0.2, -0.15) is 4.31 Å². The van der Waals surface area contributed by atoms with Gasteiger partial charge in [-0.05, 0) is 25.5 Å². The maximum Gasteiger partial charge on any atom is 0.243 e. The average Bonchev–Trinajstić information content (AvgIpc) is 3.05. The van der Waals surface area contributed by atoms with Crippen LogP contribution in [0, 0.1) is 12.8 Å². The SMILES string of the molecule is Cc1ccc(S(=O)(=O)N2C[C@H]3C[C@@H]4C=C[C@@]3(C2)O4)cc1. The first-order valence-corrected chi connectivity index (χ1v) is 8.38. The van der Waals surface area contributed by atoms with Gasteiger partial charge in [0.1, 0.15) is 5.60 Å². The Kier molecular flexibility index (Phi) is 2.47. The molecule has 5 heteroatoms. The minimum Gasteiger partial charge on any atom is -0.362 e. The van der Waals surface area contributed by atoms with Crippen molar-refractivity contribution in [2.45, 2.75) is 29.9 Å². The lowest BCUT2D eigenvalue weighted by molar-refractivity contribution is 0.0291. The summed E-state index contributed by atoms with van der Waals surface area (Å²) >= 11 is 0. The number of rotatable bonds is 2. The molecule has 0 radical (unpaired) electrons. The van der Waals surface area contributed by atoms with E-state index in [1.165, 1.54) is 0 Å². The Morgan fingerprint density at radius 2 is 2.05 bits per heavy atom. The van der Waals surface area contributed by atoms with Crippen LogP contribution in [-0.2, 0) is 14.8 Å². The number of hydrogen-bond acceptors (Lipinski definition) is 3. The topological polar surface area (TPSA) is 46.6 Å². The van der Waals surface area contributed by atoms with E-state index in [0.717, 1.165) is 12.0 Å². The Bertz CT molecular complexity index is 680. The van der Waals surface area contributed by atoms with Crippen molar-refractivity contribution < 1.29 is 13.2 Å². The Labute approximate surface area is 119 Å². The van der Waals surface area contributed by atoms with Crippen LogP contribution in [-0.4, -0.2) is 37.5 Å². The second kappa shape index (κ2) is 3.93. The summed E-state index contributed by atoms with van der Waals surface area (Å²) in [4.78, 5) is 0.373. The lowest BCUT2D eigenvalue weighted by atomic mass is 9.86. The molecule has 4 nitrogen and oxygen atoms in total. The molecule has 0 amide bonds. The van der Waals surface area contributed by atoms with Crippen LogP contribution in [0.15, 0.2) is 41.3 Å². The van der Waals surface area contributed by atoms with Gasteiger partial charge in [0.2, 0.25) is 10.0 Å². The average molecular weight is 291 g/mol. The van der Waals surface area contributed by atoms with Gasteiger partial charge in [-0.3, -0.25) is 0 Å². The van der Waals surface area contributed by atoms with Crippen LogP contribution in [0.1, 0.15) is 12.0 Å². The number of benzene rings is 1. The van der Waals surface area contributed by atoms with Crippen molar-refractivity contribution in [1.82, 2.24) is 4.31 Å². The first-order valence-electron chi connectivity index (χ1n) is 6.94. The molecule has 3 atom stereocenters. The van der Waals surface area contributed by atoms with Crippen molar-refractivity contribution >= 4 is 10.0 Å². The molecule has 4 rings (SSSR count). The molecule has 2 fully saturated rings. The number of fused-ring (bicyclic) bond motifs is 1. The van der Waals surface area contributed by atoms with E-state index < -0.39 is 10.0 Å². The Morgan fingerprint density at radius 1 is 1.30 bits per heavy atom. The van der Waals surface area contributed by atoms with Crippen molar-refractivity contribution in [3.63, 3.8) is 0 Å². The van der Waals surface area contributed by atoms with Crippen molar-refractivity contribution in [1.29, 1.82) is 0 Å². The molecule has 1 spiro atoms. The quantitative estimate of drug-likeness (QED) is 0.779. The lowest BCUT2D eigenvalue weighted by Crippen LogP contribution is -2.35. The summed E-state index contributed by atoms with van der Waals surface area (Å²) < 4.78 is 32.9. The third-order valence-corrected chi connectivity index (χ3v) is 6.50.